The van der Waals surface area contributed by atoms with Crippen LogP contribution in [0.5, 0.6) is 17.2 Å². The molecule has 0 bridgehead atoms. The molecule has 3 aromatic rings. The first-order chi connectivity index (χ1) is 13.5. The van der Waals surface area contributed by atoms with Crippen molar-refractivity contribution in [3.63, 3.8) is 0 Å². The molecule has 0 aliphatic heterocycles. The Kier molecular flexibility index (Phi) is 6.33. The number of rotatable bonds is 7. The number of aryl methyl sites for hydroxylation is 2. The van der Waals surface area contributed by atoms with Crippen LogP contribution in [-0.2, 0) is 11.4 Å². The van der Waals surface area contributed by atoms with Gasteiger partial charge in [0.2, 0.25) is 0 Å². The number of benzene rings is 3. The first kappa shape index (κ1) is 19.5. The van der Waals surface area contributed by atoms with Gasteiger partial charge in [0.05, 0.1) is 0 Å². The zero-order valence-electron chi connectivity index (χ0n) is 16.4. The second-order valence-electron chi connectivity index (χ2n) is 6.66. The van der Waals surface area contributed by atoms with Gasteiger partial charge in [-0.3, -0.25) is 0 Å². The smallest absolute Gasteiger partial charge is 0.349 e. The van der Waals surface area contributed by atoms with Gasteiger partial charge in [0, 0.05) is 0 Å². The lowest BCUT2D eigenvalue weighted by molar-refractivity contribution is -0.136. The Morgan fingerprint density at radius 1 is 0.750 bits per heavy atom. The molecular formula is C24H24O4. The van der Waals surface area contributed by atoms with Crippen LogP contribution in [0, 0.1) is 20.8 Å². The van der Waals surface area contributed by atoms with E-state index in [-0.39, 0.29) is 6.61 Å². The minimum atomic E-state index is -0.429. The normalized spacial score (nSPS) is 10.4. The summed E-state index contributed by atoms with van der Waals surface area (Å²) in [6.45, 7) is 6.20. The molecule has 0 aromatic heterocycles. The molecule has 3 rings (SSSR count). The molecular weight excluding hydrogens is 352 g/mol. The minimum absolute atomic E-state index is 0.156. The SMILES string of the molecule is Cc1ccc(C)c(OC(=O)COc2ccc(OCc3ccccc3)cc2)c1C. The lowest BCUT2D eigenvalue weighted by Gasteiger charge is -2.13. The van der Waals surface area contributed by atoms with Gasteiger partial charge in [-0.2, -0.15) is 0 Å². The van der Waals surface area contributed by atoms with E-state index >= 15 is 0 Å². The van der Waals surface area contributed by atoms with Crippen LogP contribution in [0.1, 0.15) is 22.3 Å². The van der Waals surface area contributed by atoms with E-state index in [1.807, 2.05) is 75.4 Å². The Bertz CT molecular complexity index is 931. The van der Waals surface area contributed by atoms with Crippen LogP contribution in [0.15, 0.2) is 66.7 Å². The molecule has 0 unspecified atom stereocenters. The average molecular weight is 376 g/mol. The molecule has 0 heterocycles. The Hall–Kier alpha value is -3.27. The zero-order chi connectivity index (χ0) is 19.9. The molecule has 0 aliphatic rings. The van der Waals surface area contributed by atoms with E-state index in [0.717, 1.165) is 28.0 Å². The van der Waals surface area contributed by atoms with Crippen molar-refractivity contribution in [2.75, 3.05) is 6.61 Å². The number of carbonyl (C=O) groups excluding carboxylic acids is 1. The summed E-state index contributed by atoms with van der Waals surface area (Å²) in [5.41, 5.74) is 4.08. The first-order valence-corrected chi connectivity index (χ1v) is 9.20. The Labute approximate surface area is 165 Å². The molecule has 0 amide bonds. The molecule has 4 heteroatoms. The number of esters is 1. The molecule has 0 aliphatic carbocycles. The van der Waals surface area contributed by atoms with Gasteiger partial charge in [-0.05, 0) is 67.3 Å². The molecule has 144 valence electrons. The third-order valence-electron chi connectivity index (χ3n) is 4.52. The molecule has 28 heavy (non-hydrogen) atoms. The summed E-state index contributed by atoms with van der Waals surface area (Å²) in [4.78, 5) is 12.2. The summed E-state index contributed by atoms with van der Waals surface area (Å²) in [5, 5.41) is 0. The zero-order valence-corrected chi connectivity index (χ0v) is 16.4. The Morgan fingerprint density at radius 3 is 2.04 bits per heavy atom. The first-order valence-electron chi connectivity index (χ1n) is 9.20. The highest BCUT2D eigenvalue weighted by Crippen LogP contribution is 2.26. The molecule has 0 saturated carbocycles. The van der Waals surface area contributed by atoms with E-state index in [1.165, 1.54) is 0 Å². The monoisotopic (exact) mass is 376 g/mol. The van der Waals surface area contributed by atoms with E-state index < -0.39 is 5.97 Å². The van der Waals surface area contributed by atoms with Gasteiger partial charge in [-0.25, -0.2) is 4.79 Å². The summed E-state index contributed by atoms with van der Waals surface area (Å²) in [5.74, 6) is 1.51. The second-order valence-corrected chi connectivity index (χ2v) is 6.66. The molecule has 0 spiro atoms. The number of hydrogen-bond acceptors (Lipinski definition) is 4. The fourth-order valence-electron chi connectivity index (χ4n) is 2.74. The maximum atomic E-state index is 12.2. The standard InChI is InChI=1S/C24H24O4/c1-17-9-10-18(2)24(19(17)3)28-23(25)16-27-22-13-11-21(12-14-22)26-15-20-7-5-4-6-8-20/h4-14H,15-16H2,1-3H3. The van der Waals surface area contributed by atoms with Crippen molar-refractivity contribution < 1.29 is 19.0 Å². The summed E-state index contributed by atoms with van der Waals surface area (Å²) >= 11 is 0. The van der Waals surface area contributed by atoms with E-state index in [4.69, 9.17) is 14.2 Å². The predicted octanol–water partition coefficient (Wildman–Crippen LogP) is 5.18. The van der Waals surface area contributed by atoms with Gasteiger partial charge < -0.3 is 14.2 Å². The van der Waals surface area contributed by atoms with Gasteiger partial charge in [0.1, 0.15) is 23.9 Å². The van der Waals surface area contributed by atoms with Gasteiger partial charge in [-0.15, -0.1) is 0 Å². The third kappa shape index (κ3) is 5.13. The number of carbonyl (C=O) groups is 1. The fraction of sp³-hybridized carbons (Fsp3) is 0.208. The van der Waals surface area contributed by atoms with Crippen LogP contribution in [0.2, 0.25) is 0 Å². The summed E-state index contributed by atoms with van der Waals surface area (Å²) in [7, 11) is 0. The van der Waals surface area contributed by atoms with Crippen LogP contribution < -0.4 is 14.2 Å². The molecule has 0 radical (unpaired) electrons. The van der Waals surface area contributed by atoms with E-state index in [1.54, 1.807) is 12.1 Å². The maximum absolute atomic E-state index is 12.2. The van der Waals surface area contributed by atoms with Crippen LogP contribution >= 0.6 is 0 Å². The summed E-state index contributed by atoms with van der Waals surface area (Å²) in [6, 6.07) is 21.1. The number of hydrogen-bond donors (Lipinski definition) is 0. The van der Waals surface area contributed by atoms with Gasteiger partial charge in [-0.1, -0.05) is 42.5 Å². The highest BCUT2D eigenvalue weighted by atomic mass is 16.6. The number of ether oxygens (including phenoxy) is 3. The Morgan fingerprint density at radius 2 is 1.36 bits per heavy atom. The van der Waals surface area contributed by atoms with Crippen LogP contribution in [0.4, 0.5) is 0 Å². The molecule has 3 aromatic carbocycles. The third-order valence-corrected chi connectivity index (χ3v) is 4.52. The maximum Gasteiger partial charge on any atom is 0.349 e. The highest BCUT2D eigenvalue weighted by molar-refractivity contribution is 5.75. The van der Waals surface area contributed by atoms with Crippen molar-refractivity contribution in [3.8, 4) is 17.2 Å². The predicted molar refractivity (Wildman–Crippen MR) is 109 cm³/mol. The fourth-order valence-corrected chi connectivity index (χ4v) is 2.74. The van der Waals surface area contributed by atoms with E-state index in [9.17, 15) is 4.79 Å². The van der Waals surface area contributed by atoms with Crippen LogP contribution in [0.25, 0.3) is 0 Å². The molecule has 0 N–H and O–H groups in total. The average Bonchev–Trinajstić information content (AvgIpc) is 2.72. The topological polar surface area (TPSA) is 44.8 Å². The van der Waals surface area contributed by atoms with E-state index in [2.05, 4.69) is 0 Å². The summed E-state index contributed by atoms with van der Waals surface area (Å²) in [6.07, 6.45) is 0. The molecule has 0 atom stereocenters. The summed E-state index contributed by atoms with van der Waals surface area (Å²) < 4.78 is 16.8. The van der Waals surface area contributed by atoms with Crippen LogP contribution in [0.3, 0.4) is 0 Å². The Balaban J connectivity index is 1.51. The van der Waals surface area contributed by atoms with Crippen LogP contribution in [-0.4, -0.2) is 12.6 Å². The van der Waals surface area contributed by atoms with Gasteiger partial charge >= 0.3 is 5.97 Å². The van der Waals surface area contributed by atoms with Crippen molar-refractivity contribution in [1.29, 1.82) is 0 Å². The highest BCUT2D eigenvalue weighted by Gasteiger charge is 2.12. The quantitative estimate of drug-likeness (QED) is 0.421. The van der Waals surface area contributed by atoms with Crippen molar-refractivity contribution in [2.24, 2.45) is 0 Å². The largest absolute Gasteiger partial charge is 0.489 e. The van der Waals surface area contributed by atoms with E-state index in [0.29, 0.717) is 18.1 Å². The molecule has 4 nitrogen and oxygen atoms in total. The van der Waals surface area contributed by atoms with Crippen molar-refractivity contribution in [1.82, 2.24) is 0 Å². The van der Waals surface area contributed by atoms with Crippen molar-refractivity contribution >= 4 is 5.97 Å². The molecule has 0 fully saturated rings. The van der Waals surface area contributed by atoms with Crippen molar-refractivity contribution in [2.45, 2.75) is 27.4 Å². The lowest BCUT2D eigenvalue weighted by Crippen LogP contribution is -2.18. The lowest BCUT2D eigenvalue weighted by atomic mass is 10.1. The molecule has 0 saturated heterocycles. The van der Waals surface area contributed by atoms with Gasteiger partial charge in [0.15, 0.2) is 6.61 Å². The minimum Gasteiger partial charge on any atom is -0.489 e. The van der Waals surface area contributed by atoms with Gasteiger partial charge in [0.25, 0.3) is 0 Å². The van der Waals surface area contributed by atoms with Crippen molar-refractivity contribution in [3.05, 3.63) is 89.0 Å². The second kappa shape index (κ2) is 9.09.